The molecule has 0 aliphatic heterocycles. The van der Waals surface area contributed by atoms with Crippen molar-refractivity contribution in [2.45, 2.75) is 36.5 Å². The minimum Gasteiger partial charge on any atom is -0.496 e. The smallest absolute Gasteiger partial charge is 0.127 e. The van der Waals surface area contributed by atoms with Crippen LogP contribution >= 0.6 is 0 Å². The van der Waals surface area contributed by atoms with Gasteiger partial charge in [0, 0.05) is 45.9 Å². The Kier molecular flexibility index (Phi) is 4.77. The molecule has 64 heavy (non-hydrogen) atoms. The summed E-state index contributed by atoms with van der Waals surface area (Å²) in [6.45, 7) is 0. The van der Waals surface area contributed by atoms with Crippen LogP contribution in [0.25, 0.3) is 129 Å². The molecule has 294 valence electrons. The molecule has 0 spiro atoms. The zero-order valence-corrected chi connectivity index (χ0v) is 35.1. The maximum absolute atomic E-state index is 6.76. The van der Waals surface area contributed by atoms with Gasteiger partial charge < -0.3 is 9.47 Å². The fourth-order valence-corrected chi connectivity index (χ4v) is 16.1. The molecule has 0 saturated carbocycles. The second-order valence-corrected chi connectivity index (χ2v) is 20.3. The molecule has 0 unspecified atom stereocenters. The summed E-state index contributed by atoms with van der Waals surface area (Å²) in [6.07, 6.45) is 2.15. The number of rotatable bonds is 2. The third-order valence-corrected chi connectivity index (χ3v) is 18.2. The molecule has 0 radical (unpaired) electrons. The van der Waals surface area contributed by atoms with Crippen molar-refractivity contribution >= 4 is 129 Å². The van der Waals surface area contributed by atoms with E-state index < -0.39 is 0 Å². The Morgan fingerprint density at radius 3 is 0.734 bits per heavy atom. The second-order valence-electron chi connectivity index (χ2n) is 20.3. The van der Waals surface area contributed by atoms with E-state index in [4.69, 9.17) is 9.47 Å². The molecule has 0 saturated heterocycles. The molecule has 2 nitrogen and oxygen atoms in total. The van der Waals surface area contributed by atoms with Crippen molar-refractivity contribution in [3.8, 4) is 11.5 Å². The molecule has 15 aromatic carbocycles. The molecule has 0 heterocycles. The Morgan fingerprint density at radius 1 is 0.281 bits per heavy atom. The Labute approximate surface area is 365 Å². The molecule has 4 bridgehead atoms. The second kappa shape index (κ2) is 9.71. The summed E-state index contributed by atoms with van der Waals surface area (Å²) in [5.41, 5.74) is 11.5. The Bertz CT molecular complexity index is 4120. The van der Waals surface area contributed by atoms with Crippen molar-refractivity contribution in [1.29, 1.82) is 0 Å². The SMILES string of the molecule is COc1c2c(c(OC)c3c1[C@H]1C[C@@H]3c3cc4c(cc31)c1ccc3ccc5ccc6ccc4c4c6c5c3c14)[C@H]1C[C@@H]2c2cc3c(cc21)c1ccc2ccc4ccc5ccc3c3c5c4c2c13. The van der Waals surface area contributed by atoms with E-state index in [0.717, 1.165) is 24.3 Å². The van der Waals surface area contributed by atoms with Crippen LogP contribution in [-0.2, 0) is 0 Å². The number of hydrogen-bond donors (Lipinski definition) is 0. The van der Waals surface area contributed by atoms with Gasteiger partial charge in [-0.25, -0.2) is 0 Å². The average Bonchev–Trinajstić information content (AvgIpc) is 4.21. The number of fused-ring (bicyclic) bond motifs is 22. The van der Waals surface area contributed by atoms with Gasteiger partial charge in [0.25, 0.3) is 0 Å². The first-order chi connectivity index (χ1) is 31.7. The number of hydrogen-bond acceptors (Lipinski definition) is 2. The van der Waals surface area contributed by atoms with E-state index in [9.17, 15) is 0 Å². The zero-order valence-electron chi connectivity index (χ0n) is 35.1. The molecule has 0 aromatic heterocycles. The minimum atomic E-state index is 0.270. The molecule has 19 rings (SSSR count). The van der Waals surface area contributed by atoms with E-state index in [1.54, 1.807) is 0 Å². The largest absolute Gasteiger partial charge is 0.496 e. The van der Waals surface area contributed by atoms with E-state index in [2.05, 4.69) is 121 Å². The highest BCUT2D eigenvalue weighted by atomic mass is 16.5. The fraction of sp³-hybridized carbons (Fsp3) is 0.129. The van der Waals surface area contributed by atoms with Crippen LogP contribution in [0.4, 0.5) is 0 Å². The Balaban J connectivity index is 0.862. The molecule has 4 atom stereocenters. The molecular weight excluding hydrogens is 777 g/mol. The van der Waals surface area contributed by atoms with Crippen molar-refractivity contribution in [2.75, 3.05) is 14.2 Å². The van der Waals surface area contributed by atoms with E-state index in [1.165, 1.54) is 174 Å². The molecular formula is C62H34O2. The van der Waals surface area contributed by atoms with Crippen LogP contribution in [0, 0.1) is 0 Å². The van der Waals surface area contributed by atoms with E-state index in [-0.39, 0.29) is 23.7 Å². The lowest BCUT2D eigenvalue weighted by Crippen LogP contribution is -2.14. The van der Waals surface area contributed by atoms with Crippen molar-refractivity contribution < 1.29 is 9.47 Å². The lowest BCUT2D eigenvalue weighted by molar-refractivity contribution is 0.388. The van der Waals surface area contributed by atoms with Crippen molar-refractivity contribution in [1.82, 2.24) is 0 Å². The van der Waals surface area contributed by atoms with Gasteiger partial charge in [0.1, 0.15) is 11.5 Å². The molecule has 0 N–H and O–H groups in total. The van der Waals surface area contributed by atoms with Gasteiger partial charge in [-0.15, -0.1) is 0 Å². The van der Waals surface area contributed by atoms with E-state index in [1.807, 2.05) is 14.2 Å². The van der Waals surface area contributed by atoms with Gasteiger partial charge in [0.05, 0.1) is 14.2 Å². The van der Waals surface area contributed by atoms with E-state index in [0.29, 0.717) is 0 Å². The molecule has 4 aliphatic carbocycles. The highest BCUT2D eigenvalue weighted by Crippen LogP contribution is 2.70. The maximum atomic E-state index is 6.76. The summed E-state index contributed by atoms with van der Waals surface area (Å²) in [5, 5.41) is 33.5. The van der Waals surface area contributed by atoms with Crippen LogP contribution in [0.3, 0.4) is 0 Å². The number of ether oxygens (including phenoxy) is 2. The Hall–Kier alpha value is -7.42. The van der Waals surface area contributed by atoms with Crippen LogP contribution < -0.4 is 9.47 Å². The quantitative estimate of drug-likeness (QED) is 0.162. The van der Waals surface area contributed by atoms with Crippen molar-refractivity contribution in [2.24, 2.45) is 0 Å². The van der Waals surface area contributed by atoms with Crippen LogP contribution in [-0.4, -0.2) is 14.2 Å². The molecule has 2 heteroatoms. The Morgan fingerprint density at radius 2 is 0.500 bits per heavy atom. The topological polar surface area (TPSA) is 18.5 Å². The van der Waals surface area contributed by atoms with Gasteiger partial charge in [0.15, 0.2) is 0 Å². The zero-order chi connectivity index (χ0) is 40.9. The summed E-state index contributed by atoms with van der Waals surface area (Å²) in [6, 6.07) is 48.1. The number of methoxy groups -OCH3 is 2. The lowest BCUT2D eigenvalue weighted by atomic mass is 9.76. The molecule has 15 aromatic rings. The highest BCUT2D eigenvalue weighted by Gasteiger charge is 2.53. The van der Waals surface area contributed by atoms with Gasteiger partial charge in [-0.2, -0.15) is 0 Å². The summed E-state index contributed by atoms with van der Waals surface area (Å²) < 4.78 is 13.5. The molecule has 0 amide bonds. The lowest BCUT2D eigenvalue weighted by Gasteiger charge is -2.31. The van der Waals surface area contributed by atoms with E-state index >= 15 is 0 Å². The van der Waals surface area contributed by atoms with Gasteiger partial charge >= 0.3 is 0 Å². The first-order valence-electron chi connectivity index (χ1n) is 23.3. The third kappa shape index (κ3) is 3.00. The summed E-state index contributed by atoms with van der Waals surface area (Å²) in [5.74, 6) is 3.34. The standard InChI is InChI=1S/C62H34O2/c1-63-61-57-43-23-45(41-21-37-33-17-13-29-9-5-25-3-7-27-11-15-31(35(37)19-39(41)43)53-49(27)47(25)51(29)55(33)53)59(57)62(64-2)60-46-24-44(58(60)61)40-20-36-32-16-12-28-8-4-26-6-10-30-14-18-34(38(36)22-42(40)46)56-52(30)48(26)50(28)54(32)56/h3-22,43-46H,23-24H2,1-2H3/t43-,44+,45+,46-. The van der Waals surface area contributed by atoms with Gasteiger partial charge in [0.2, 0.25) is 0 Å². The summed E-state index contributed by atoms with van der Waals surface area (Å²) in [7, 11) is 3.86. The summed E-state index contributed by atoms with van der Waals surface area (Å²) >= 11 is 0. The van der Waals surface area contributed by atoms with Crippen LogP contribution in [0.1, 0.15) is 81.0 Å². The van der Waals surface area contributed by atoms with Crippen molar-refractivity contribution in [3.05, 3.63) is 166 Å². The average molecular weight is 811 g/mol. The van der Waals surface area contributed by atoms with Gasteiger partial charge in [-0.3, -0.25) is 0 Å². The molecule has 4 aliphatic rings. The van der Waals surface area contributed by atoms with Crippen molar-refractivity contribution in [3.63, 3.8) is 0 Å². The third-order valence-electron chi connectivity index (χ3n) is 18.2. The van der Waals surface area contributed by atoms with Gasteiger partial charge in [-0.05, 0) is 189 Å². The van der Waals surface area contributed by atoms with Gasteiger partial charge in [-0.1, -0.05) is 97.1 Å². The first-order valence-corrected chi connectivity index (χ1v) is 23.3. The first kappa shape index (κ1) is 31.4. The van der Waals surface area contributed by atoms with Crippen LogP contribution in [0.5, 0.6) is 11.5 Å². The highest BCUT2D eigenvalue weighted by molar-refractivity contribution is 6.49. The van der Waals surface area contributed by atoms with Crippen LogP contribution in [0.15, 0.2) is 121 Å². The molecule has 0 fully saturated rings. The maximum Gasteiger partial charge on any atom is 0.127 e. The predicted octanol–water partition coefficient (Wildman–Crippen LogP) is 16.1. The number of benzene rings is 13. The summed E-state index contributed by atoms with van der Waals surface area (Å²) in [4.78, 5) is 0. The fourth-order valence-electron chi connectivity index (χ4n) is 16.1. The normalized spacial score (nSPS) is 19.9. The van der Waals surface area contributed by atoms with Crippen LogP contribution in [0.2, 0.25) is 0 Å². The monoisotopic (exact) mass is 810 g/mol. The minimum absolute atomic E-state index is 0.270. The predicted molar refractivity (Wildman–Crippen MR) is 266 cm³/mol.